The normalized spacial score (nSPS) is 16.6. The Morgan fingerprint density at radius 2 is 2.20 bits per heavy atom. The van der Waals surface area contributed by atoms with E-state index in [1.165, 1.54) is 6.07 Å². The maximum atomic E-state index is 13.6. The molecule has 2 aromatic rings. The first kappa shape index (κ1) is 13.2. The van der Waals surface area contributed by atoms with Crippen LogP contribution in [-0.4, -0.2) is 6.61 Å². The Morgan fingerprint density at radius 1 is 1.35 bits per heavy atom. The van der Waals surface area contributed by atoms with E-state index in [1.807, 2.05) is 6.07 Å². The quantitative estimate of drug-likeness (QED) is 0.942. The molecule has 0 saturated heterocycles. The first-order chi connectivity index (χ1) is 9.65. The molecular formula is C15H13ClFNO2. The van der Waals surface area contributed by atoms with E-state index in [4.69, 9.17) is 26.8 Å². The van der Waals surface area contributed by atoms with Crippen molar-refractivity contribution in [3.63, 3.8) is 0 Å². The van der Waals surface area contributed by atoms with Crippen molar-refractivity contribution in [2.45, 2.75) is 12.6 Å². The highest BCUT2D eigenvalue weighted by Gasteiger charge is 2.20. The van der Waals surface area contributed by atoms with Crippen LogP contribution >= 0.6 is 11.6 Å². The van der Waals surface area contributed by atoms with Crippen LogP contribution < -0.4 is 15.2 Å². The minimum absolute atomic E-state index is 0.0658. The van der Waals surface area contributed by atoms with Crippen LogP contribution in [0.25, 0.3) is 0 Å². The average molecular weight is 294 g/mol. The summed E-state index contributed by atoms with van der Waals surface area (Å²) >= 11 is 5.95. The third-order valence-electron chi connectivity index (χ3n) is 3.25. The molecule has 3 nitrogen and oxygen atoms in total. The van der Waals surface area contributed by atoms with Crippen molar-refractivity contribution in [3.05, 3.63) is 58.4 Å². The van der Waals surface area contributed by atoms with Crippen molar-refractivity contribution < 1.29 is 13.9 Å². The zero-order chi connectivity index (χ0) is 14.1. The summed E-state index contributed by atoms with van der Waals surface area (Å²) in [5.41, 5.74) is 7.17. The van der Waals surface area contributed by atoms with Crippen LogP contribution in [0.4, 0.5) is 4.39 Å². The standard InChI is InChI=1S/C15H13ClFNO2/c16-12-2-1-3-13(17)11(12)7-19-9-4-5-10-14(18)8-20-15(10)6-9/h1-6,14H,7-8,18H2. The second-order valence-electron chi connectivity index (χ2n) is 4.61. The van der Waals surface area contributed by atoms with E-state index in [-0.39, 0.29) is 18.5 Å². The Kier molecular flexibility index (Phi) is 3.51. The molecule has 5 heteroatoms. The van der Waals surface area contributed by atoms with E-state index < -0.39 is 0 Å². The van der Waals surface area contributed by atoms with Crippen LogP contribution in [0.3, 0.4) is 0 Å². The highest BCUT2D eigenvalue weighted by atomic mass is 35.5. The van der Waals surface area contributed by atoms with Gasteiger partial charge in [0.15, 0.2) is 0 Å². The molecule has 0 aromatic heterocycles. The lowest BCUT2D eigenvalue weighted by atomic mass is 10.1. The van der Waals surface area contributed by atoms with Gasteiger partial charge in [0, 0.05) is 17.2 Å². The largest absolute Gasteiger partial charge is 0.491 e. The molecule has 20 heavy (non-hydrogen) atoms. The number of hydrogen-bond acceptors (Lipinski definition) is 3. The van der Waals surface area contributed by atoms with Crippen molar-refractivity contribution in [2.24, 2.45) is 5.73 Å². The summed E-state index contributed by atoms with van der Waals surface area (Å²) in [7, 11) is 0. The second-order valence-corrected chi connectivity index (χ2v) is 5.01. The molecule has 0 aliphatic carbocycles. The molecule has 0 bridgehead atoms. The fraction of sp³-hybridized carbons (Fsp3) is 0.200. The van der Waals surface area contributed by atoms with Crippen molar-refractivity contribution in [2.75, 3.05) is 6.61 Å². The van der Waals surface area contributed by atoms with Gasteiger partial charge in [0.1, 0.15) is 30.5 Å². The number of halogens is 2. The lowest BCUT2D eigenvalue weighted by molar-refractivity contribution is 0.295. The van der Waals surface area contributed by atoms with Crippen molar-refractivity contribution in [1.82, 2.24) is 0 Å². The highest BCUT2D eigenvalue weighted by Crippen LogP contribution is 2.34. The first-order valence-electron chi connectivity index (χ1n) is 6.23. The van der Waals surface area contributed by atoms with Crippen molar-refractivity contribution in [1.29, 1.82) is 0 Å². The molecule has 104 valence electrons. The van der Waals surface area contributed by atoms with Crippen LogP contribution in [0.5, 0.6) is 11.5 Å². The molecule has 0 radical (unpaired) electrons. The van der Waals surface area contributed by atoms with E-state index >= 15 is 0 Å². The minimum atomic E-state index is -0.378. The third kappa shape index (κ3) is 2.44. The lowest BCUT2D eigenvalue weighted by Gasteiger charge is -2.10. The fourth-order valence-electron chi connectivity index (χ4n) is 2.13. The van der Waals surface area contributed by atoms with Crippen LogP contribution in [0.1, 0.15) is 17.2 Å². The number of fused-ring (bicyclic) bond motifs is 1. The summed E-state index contributed by atoms with van der Waals surface area (Å²) in [5, 5.41) is 0.351. The van der Waals surface area contributed by atoms with E-state index in [1.54, 1.807) is 24.3 Å². The minimum Gasteiger partial charge on any atom is -0.491 e. The van der Waals surface area contributed by atoms with Crippen LogP contribution in [-0.2, 0) is 6.61 Å². The van der Waals surface area contributed by atoms with Crippen LogP contribution in [0, 0.1) is 5.82 Å². The summed E-state index contributed by atoms with van der Waals surface area (Å²) in [6, 6.07) is 9.87. The zero-order valence-electron chi connectivity index (χ0n) is 10.6. The molecule has 0 amide bonds. The van der Waals surface area contributed by atoms with Gasteiger partial charge in [-0.1, -0.05) is 17.7 Å². The smallest absolute Gasteiger partial charge is 0.131 e. The predicted octanol–water partition coefficient (Wildman–Crippen LogP) is 3.45. The Morgan fingerprint density at radius 3 is 3.00 bits per heavy atom. The number of nitrogens with two attached hydrogens (primary N) is 1. The molecule has 1 aliphatic rings. The first-order valence-corrected chi connectivity index (χ1v) is 6.61. The molecule has 0 saturated carbocycles. The van der Waals surface area contributed by atoms with Gasteiger partial charge in [0.25, 0.3) is 0 Å². The van der Waals surface area contributed by atoms with Gasteiger partial charge in [0.2, 0.25) is 0 Å². The Bertz CT molecular complexity index is 628. The molecule has 0 fully saturated rings. The third-order valence-corrected chi connectivity index (χ3v) is 3.60. The van der Waals surface area contributed by atoms with Crippen LogP contribution in [0.2, 0.25) is 5.02 Å². The molecular weight excluding hydrogens is 281 g/mol. The van der Waals surface area contributed by atoms with E-state index in [0.717, 1.165) is 11.3 Å². The molecule has 2 N–H and O–H groups in total. The van der Waals surface area contributed by atoms with Crippen molar-refractivity contribution >= 4 is 11.6 Å². The molecule has 1 aliphatic heterocycles. The Hall–Kier alpha value is -1.78. The fourth-order valence-corrected chi connectivity index (χ4v) is 2.35. The van der Waals surface area contributed by atoms with Gasteiger partial charge in [-0.15, -0.1) is 0 Å². The van der Waals surface area contributed by atoms with Gasteiger partial charge in [-0.05, 0) is 24.3 Å². The summed E-state index contributed by atoms with van der Waals surface area (Å²) in [4.78, 5) is 0. The van der Waals surface area contributed by atoms with Gasteiger partial charge in [-0.2, -0.15) is 0 Å². The van der Waals surface area contributed by atoms with Crippen LogP contribution in [0.15, 0.2) is 36.4 Å². The van der Waals surface area contributed by atoms with Gasteiger partial charge in [-0.3, -0.25) is 0 Å². The lowest BCUT2D eigenvalue weighted by Crippen LogP contribution is -2.10. The van der Waals surface area contributed by atoms with Gasteiger partial charge in [-0.25, -0.2) is 4.39 Å². The molecule has 1 heterocycles. The molecule has 1 unspecified atom stereocenters. The number of rotatable bonds is 3. The van der Waals surface area contributed by atoms with E-state index in [0.29, 0.717) is 22.9 Å². The Balaban J connectivity index is 1.76. The topological polar surface area (TPSA) is 44.5 Å². The van der Waals surface area contributed by atoms with E-state index in [2.05, 4.69) is 0 Å². The summed E-state index contributed by atoms with van der Waals surface area (Å²) < 4.78 is 24.6. The molecule has 0 spiro atoms. The Labute approximate surface area is 121 Å². The maximum Gasteiger partial charge on any atom is 0.131 e. The van der Waals surface area contributed by atoms with Gasteiger partial charge >= 0.3 is 0 Å². The van der Waals surface area contributed by atoms with E-state index in [9.17, 15) is 4.39 Å². The SMILES string of the molecule is NC1COc2cc(OCc3c(F)cccc3Cl)ccc21. The predicted molar refractivity (Wildman–Crippen MR) is 74.6 cm³/mol. The zero-order valence-corrected chi connectivity index (χ0v) is 11.4. The van der Waals surface area contributed by atoms with Crippen molar-refractivity contribution in [3.8, 4) is 11.5 Å². The highest BCUT2D eigenvalue weighted by molar-refractivity contribution is 6.31. The summed E-state index contributed by atoms with van der Waals surface area (Å²) in [5.74, 6) is 0.934. The molecule has 2 aromatic carbocycles. The average Bonchev–Trinajstić information content (AvgIpc) is 2.79. The summed E-state index contributed by atoms with van der Waals surface area (Å²) in [6.07, 6.45) is 0. The van der Waals surface area contributed by atoms with Gasteiger partial charge in [0.05, 0.1) is 11.1 Å². The molecule has 1 atom stereocenters. The number of benzene rings is 2. The second kappa shape index (κ2) is 5.31. The monoisotopic (exact) mass is 293 g/mol. The number of hydrogen-bond donors (Lipinski definition) is 1. The number of ether oxygens (including phenoxy) is 2. The van der Waals surface area contributed by atoms with Gasteiger partial charge < -0.3 is 15.2 Å². The maximum absolute atomic E-state index is 13.6. The molecule has 3 rings (SSSR count). The summed E-state index contributed by atoms with van der Waals surface area (Å²) in [6.45, 7) is 0.536.